The molecule has 3 fully saturated rings. The molecule has 1 aromatic rings. The Balaban J connectivity index is 1.22. The van der Waals surface area contributed by atoms with Crippen molar-refractivity contribution in [1.29, 1.82) is 0 Å². The topological polar surface area (TPSA) is 35.5 Å². The normalized spacial score (nSPS) is 37.0. The summed E-state index contributed by atoms with van der Waals surface area (Å²) in [6.07, 6.45) is 15.0. The Morgan fingerprint density at radius 1 is 1.03 bits per heavy atom. The molecule has 210 valence electrons. The lowest BCUT2D eigenvalue weighted by Crippen LogP contribution is -2.51. The Morgan fingerprint density at radius 3 is 2.58 bits per heavy atom. The molecule has 0 unspecified atom stereocenters. The molecule has 0 N–H and O–H groups in total. The van der Waals surface area contributed by atoms with Crippen LogP contribution in [0.4, 0.5) is 9.18 Å². The van der Waals surface area contributed by atoms with Crippen molar-refractivity contribution in [1.82, 2.24) is 0 Å². The number of hydrogen-bond donors (Lipinski definition) is 0. The molecular weight excluding hydrogens is 475 g/mol. The second-order valence-corrected chi connectivity index (χ2v) is 14.1. The van der Waals surface area contributed by atoms with Gasteiger partial charge in [0.05, 0.1) is 0 Å². The Morgan fingerprint density at radius 2 is 1.82 bits per heavy atom. The van der Waals surface area contributed by atoms with Crippen molar-refractivity contribution < 1.29 is 18.7 Å². The molecule has 0 aromatic heterocycles. The van der Waals surface area contributed by atoms with Crippen LogP contribution >= 0.6 is 0 Å². The van der Waals surface area contributed by atoms with Gasteiger partial charge in [0.1, 0.15) is 6.10 Å². The van der Waals surface area contributed by atoms with Crippen LogP contribution in [-0.2, 0) is 4.74 Å². The zero-order chi connectivity index (χ0) is 27.1. The SMILES string of the molecule is CC(C)CCC[C@H](C)[C@H]1CC[C@H]2[C@@H]3CC=C4C[C@H](OC(=O)Oc5ccccc5F)CC[C@]4(C)[C@H]3CC[C@]12C. The molecule has 0 bridgehead atoms. The molecule has 4 heteroatoms. The molecular formula is C34H49FO3. The van der Waals surface area contributed by atoms with Gasteiger partial charge < -0.3 is 9.47 Å². The molecule has 0 radical (unpaired) electrons. The van der Waals surface area contributed by atoms with E-state index >= 15 is 0 Å². The average Bonchev–Trinajstić information content (AvgIpc) is 3.23. The zero-order valence-electron chi connectivity index (χ0n) is 24.3. The first-order chi connectivity index (χ1) is 18.1. The van der Waals surface area contributed by atoms with E-state index in [1.165, 1.54) is 69.1 Å². The number of allylic oxidation sites excluding steroid dienone is 1. The summed E-state index contributed by atoms with van der Waals surface area (Å²) in [5.74, 6) is 4.27. The molecule has 1 aromatic carbocycles. The molecule has 8 atom stereocenters. The fourth-order valence-corrected chi connectivity index (χ4v) is 9.53. The molecule has 0 spiro atoms. The van der Waals surface area contributed by atoms with Gasteiger partial charge in [-0.1, -0.05) is 77.7 Å². The van der Waals surface area contributed by atoms with E-state index in [0.29, 0.717) is 5.41 Å². The summed E-state index contributed by atoms with van der Waals surface area (Å²) >= 11 is 0. The van der Waals surface area contributed by atoms with E-state index in [0.717, 1.165) is 54.8 Å². The third-order valence-electron chi connectivity index (χ3n) is 11.6. The first-order valence-corrected chi connectivity index (χ1v) is 15.4. The highest BCUT2D eigenvalue weighted by molar-refractivity contribution is 5.64. The fraction of sp³-hybridized carbons (Fsp3) is 0.735. The van der Waals surface area contributed by atoms with Crippen LogP contribution in [0.5, 0.6) is 5.75 Å². The summed E-state index contributed by atoms with van der Waals surface area (Å²) in [7, 11) is 0. The summed E-state index contributed by atoms with van der Waals surface area (Å²) in [5, 5.41) is 0. The van der Waals surface area contributed by atoms with E-state index in [9.17, 15) is 9.18 Å². The third kappa shape index (κ3) is 5.18. The molecule has 0 amide bonds. The summed E-state index contributed by atoms with van der Waals surface area (Å²) in [6.45, 7) is 12.4. The first kappa shape index (κ1) is 27.7. The fourth-order valence-electron chi connectivity index (χ4n) is 9.53. The molecule has 5 rings (SSSR count). The van der Waals surface area contributed by atoms with Crippen molar-refractivity contribution in [2.24, 2.45) is 46.3 Å². The van der Waals surface area contributed by atoms with E-state index in [-0.39, 0.29) is 17.3 Å². The highest BCUT2D eigenvalue weighted by atomic mass is 19.1. The van der Waals surface area contributed by atoms with Crippen molar-refractivity contribution >= 4 is 6.16 Å². The van der Waals surface area contributed by atoms with E-state index < -0.39 is 12.0 Å². The Labute approximate surface area is 229 Å². The number of benzene rings is 1. The van der Waals surface area contributed by atoms with Crippen LogP contribution in [0, 0.1) is 52.2 Å². The predicted molar refractivity (Wildman–Crippen MR) is 150 cm³/mol. The number of ether oxygens (including phenoxy) is 2. The molecule has 4 aliphatic carbocycles. The Kier molecular flexibility index (Phi) is 8.00. The molecule has 3 saturated carbocycles. The molecule has 0 saturated heterocycles. The van der Waals surface area contributed by atoms with Crippen LogP contribution < -0.4 is 4.74 Å². The van der Waals surface area contributed by atoms with Gasteiger partial charge in [0.2, 0.25) is 0 Å². The lowest BCUT2D eigenvalue weighted by molar-refractivity contribution is -0.0597. The van der Waals surface area contributed by atoms with Gasteiger partial charge in [-0.2, -0.15) is 0 Å². The quantitative estimate of drug-likeness (QED) is 0.202. The monoisotopic (exact) mass is 524 g/mol. The highest BCUT2D eigenvalue weighted by Gasteiger charge is 2.59. The van der Waals surface area contributed by atoms with Crippen LogP contribution in [0.15, 0.2) is 35.9 Å². The maximum Gasteiger partial charge on any atom is 0.514 e. The van der Waals surface area contributed by atoms with E-state index in [1.807, 2.05) is 0 Å². The standard InChI is InChI=1S/C34H49FO3/c1-22(2)9-8-10-23(3)27-15-16-28-26-14-13-24-21-25(37-32(36)38-31-12-7-6-11-30(31)35)17-19-33(24,4)29(26)18-20-34(27,28)5/h6-7,11-13,22-23,25-29H,8-10,14-21H2,1-5H3/t23-,25+,26-,27+,28-,29-,33-,34+/m0/s1. The number of hydrogen-bond acceptors (Lipinski definition) is 3. The van der Waals surface area contributed by atoms with Gasteiger partial charge in [-0.25, -0.2) is 9.18 Å². The third-order valence-corrected chi connectivity index (χ3v) is 11.6. The van der Waals surface area contributed by atoms with Crippen LogP contribution in [-0.4, -0.2) is 12.3 Å². The lowest BCUT2D eigenvalue weighted by atomic mass is 9.47. The van der Waals surface area contributed by atoms with Gasteiger partial charge in [0.25, 0.3) is 0 Å². The molecule has 0 heterocycles. The Bertz CT molecular complexity index is 1030. The van der Waals surface area contributed by atoms with Crippen molar-refractivity contribution in [3.8, 4) is 5.75 Å². The second-order valence-electron chi connectivity index (χ2n) is 14.1. The number of rotatable bonds is 7. The molecule has 3 nitrogen and oxygen atoms in total. The maximum atomic E-state index is 13.9. The smallest absolute Gasteiger partial charge is 0.430 e. The van der Waals surface area contributed by atoms with Gasteiger partial charge >= 0.3 is 6.16 Å². The minimum atomic E-state index is -0.800. The Hall–Kier alpha value is -1.84. The van der Waals surface area contributed by atoms with Gasteiger partial charge in [0.15, 0.2) is 11.6 Å². The number of fused-ring (bicyclic) bond motifs is 5. The first-order valence-electron chi connectivity index (χ1n) is 15.4. The van der Waals surface area contributed by atoms with Crippen molar-refractivity contribution in [2.75, 3.05) is 0 Å². The van der Waals surface area contributed by atoms with E-state index in [2.05, 4.69) is 40.7 Å². The summed E-state index contributed by atoms with van der Waals surface area (Å²) < 4.78 is 24.7. The number of halogens is 1. The van der Waals surface area contributed by atoms with Crippen LogP contribution in [0.1, 0.15) is 105 Å². The van der Waals surface area contributed by atoms with E-state index in [4.69, 9.17) is 9.47 Å². The van der Waals surface area contributed by atoms with Gasteiger partial charge in [-0.05, 0) is 103 Å². The molecule has 0 aliphatic heterocycles. The van der Waals surface area contributed by atoms with Crippen molar-refractivity contribution in [3.63, 3.8) is 0 Å². The van der Waals surface area contributed by atoms with Crippen LogP contribution in [0.3, 0.4) is 0 Å². The minimum absolute atomic E-state index is 0.0766. The summed E-state index contributed by atoms with van der Waals surface area (Å²) in [6, 6.07) is 5.96. The van der Waals surface area contributed by atoms with Gasteiger partial charge in [-0.3, -0.25) is 0 Å². The van der Waals surface area contributed by atoms with Crippen LogP contribution in [0.25, 0.3) is 0 Å². The average molecular weight is 525 g/mol. The van der Waals surface area contributed by atoms with Gasteiger partial charge in [0, 0.05) is 6.42 Å². The summed E-state index contributed by atoms with van der Waals surface area (Å²) in [4.78, 5) is 12.4. The summed E-state index contributed by atoms with van der Waals surface area (Å²) in [5.41, 5.74) is 2.19. The minimum Gasteiger partial charge on any atom is -0.430 e. The molecule has 38 heavy (non-hydrogen) atoms. The highest BCUT2D eigenvalue weighted by Crippen LogP contribution is 2.67. The zero-order valence-corrected chi connectivity index (χ0v) is 24.3. The predicted octanol–water partition coefficient (Wildman–Crippen LogP) is 9.75. The number of carbonyl (C=O) groups is 1. The van der Waals surface area contributed by atoms with Crippen molar-refractivity contribution in [3.05, 3.63) is 41.7 Å². The van der Waals surface area contributed by atoms with Crippen molar-refractivity contribution in [2.45, 2.75) is 111 Å². The van der Waals surface area contributed by atoms with Gasteiger partial charge in [-0.15, -0.1) is 0 Å². The number of para-hydroxylation sites is 1. The number of carbonyl (C=O) groups excluding carboxylic acids is 1. The molecule has 4 aliphatic rings. The van der Waals surface area contributed by atoms with E-state index in [1.54, 1.807) is 12.1 Å². The lowest BCUT2D eigenvalue weighted by Gasteiger charge is -2.58. The van der Waals surface area contributed by atoms with Crippen LogP contribution in [0.2, 0.25) is 0 Å². The second kappa shape index (κ2) is 11.0. The largest absolute Gasteiger partial charge is 0.514 e. The maximum absolute atomic E-state index is 13.9.